The monoisotopic (exact) mass is 374 g/mol. The van der Waals surface area contributed by atoms with E-state index in [0.717, 1.165) is 28.3 Å². The van der Waals surface area contributed by atoms with Crippen LogP contribution in [0.3, 0.4) is 0 Å². The quantitative estimate of drug-likeness (QED) is 0.739. The predicted octanol–water partition coefficient (Wildman–Crippen LogP) is 3.26. The fourth-order valence-electron chi connectivity index (χ4n) is 3.47. The number of benzene rings is 1. The Bertz CT molecular complexity index is 924. The predicted molar refractivity (Wildman–Crippen MR) is 104 cm³/mol. The average Bonchev–Trinajstić information content (AvgIpc) is 2.86. The number of hydrogen-bond donors (Lipinski definition) is 2. The summed E-state index contributed by atoms with van der Waals surface area (Å²) in [6, 6.07) is 9.70. The van der Waals surface area contributed by atoms with Crippen molar-refractivity contribution in [2.45, 2.75) is 32.2 Å². The first-order valence-corrected chi connectivity index (χ1v) is 10.0. The van der Waals surface area contributed by atoms with Crippen LogP contribution in [-0.4, -0.2) is 23.1 Å². The second-order valence-corrected chi connectivity index (χ2v) is 8.17. The third-order valence-electron chi connectivity index (χ3n) is 4.79. The Morgan fingerprint density at radius 3 is 2.56 bits per heavy atom. The minimum absolute atomic E-state index is 0.0283. The zero-order valence-corrected chi connectivity index (χ0v) is 15.6. The van der Waals surface area contributed by atoms with E-state index in [1.54, 1.807) is 0 Å². The van der Waals surface area contributed by atoms with Gasteiger partial charge in [-0.3, -0.25) is 4.79 Å². The summed E-state index contributed by atoms with van der Waals surface area (Å²) in [7, 11) is 0. The van der Waals surface area contributed by atoms with Gasteiger partial charge in [-0.25, -0.2) is 4.98 Å². The number of quaternary nitrogens is 1. The Balaban J connectivity index is 1.64. The molecule has 2 N–H and O–H groups in total. The molecule has 1 aromatic carbocycles. The number of thiophene rings is 1. The zero-order chi connectivity index (χ0) is 17.2. The zero-order valence-electron chi connectivity index (χ0n) is 14.0. The first-order chi connectivity index (χ1) is 12.2. The van der Waals surface area contributed by atoms with Crippen molar-refractivity contribution in [1.82, 2.24) is 9.97 Å². The molecule has 2 aromatic heterocycles. The Morgan fingerprint density at radius 2 is 1.84 bits per heavy atom. The number of rotatable bonds is 3. The van der Waals surface area contributed by atoms with Gasteiger partial charge in [-0.15, -0.1) is 11.3 Å². The lowest BCUT2D eigenvalue weighted by atomic mass is 10.2. The summed E-state index contributed by atoms with van der Waals surface area (Å²) >= 11 is 7.45. The molecule has 6 heteroatoms. The van der Waals surface area contributed by atoms with Crippen LogP contribution < -0.4 is 10.5 Å². The molecule has 3 aromatic rings. The lowest BCUT2D eigenvalue weighted by Gasteiger charge is -2.15. The molecule has 0 spiro atoms. The van der Waals surface area contributed by atoms with Crippen LogP contribution in [0.15, 0.2) is 35.1 Å². The van der Waals surface area contributed by atoms with Gasteiger partial charge in [0.15, 0.2) is 5.82 Å². The van der Waals surface area contributed by atoms with Crippen molar-refractivity contribution in [2.75, 3.05) is 13.1 Å². The van der Waals surface area contributed by atoms with Crippen molar-refractivity contribution in [2.24, 2.45) is 0 Å². The molecule has 0 amide bonds. The van der Waals surface area contributed by atoms with Gasteiger partial charge in [0.05, 0.1) is 18.6 Å². The molecule has 0 bridgehead atoms. The van der Waals surface area contributed by atoms with Gasteiger partial charge < -0.3 is 9.88 Å². The van der Waals surface area contributed by atoms with E-state index in [4.69, 9.17) is 16.6 Å². The van der Waals surface area contributed by atoms with Crippen LogP contribution >= 0.6 is 22.9 Å². The van der Waals surface area contributed by atoms with Crippen molar-refractivity contribution in [3.05, 3.63) is 51.5 Å². The topological polar surface area (TPSA) is 50.2 Å². The number of aromatic nitrogens is 2. The molecule has 25 heavy (non-hydrogen) atoms. The van der Waals surface area contributed by atoms with E-state index in [1.807, 2.05) is 30.3 Å². The molecule has 1 saturated heterocycles. The molecule has 130 valence electrons. The lowest BCUT2D eigenvalue weighted by molar-refractivity contribution is -0.913. The average molecular weight is 375 g/mol. The summed E-state index contributed by atoms with van der Waals surface area (Å²) < 4.78 is 0.694. The molecule has 0 aliphatic carbocycles. The second kappa shape index (κ2) is 7.28. The molecule has 1 aliphatic heterocycles. The third kappa shape index (κ3) is 3.78. The maximum absolute atomic E-state index is 12.5. The lowest BCUT2D eigenvalue weighted by Crippen LogP contribution is -3.10. The van der Waals surface area contributed by atoms with E-state index in [-0.39, 0.29) is 5.56 Å². The van der Waals surface area contributed by atoms with E-state index >= 15 is 0 Å². The Kier molecular flexibility index (Phi) is 4.88. The third-order valence-corrected chi connectivity index (χ3v) is 6.21. The van der Waals surface area contributed by atoms with E-state index in [9.17, 15) is 4.79 Å². The van der Waals surface area contributed by atoms with Gasteiger partial charge in [0, 0.05) is 9.90 Å². The number of H-pyrrole nitrogens is 1. The number of nitrogens with zero attached hydrogens (tertiary/aromatic N) is 1. The summed E-state index contributed by atoms with van der Waals surface area (Å²) in [6.07, 6.45) is 5.17. The highest BCUT2D eigenvalue weighted by molar-refractivity contribution is 7.22. The number of hydrogen-bond acceptors (Lipinski definition) is 3. The highest BCUT2D eigenvalue weighted by Crippen LogP contribution is 2.31. The van der Waals surface area contributed by atoms with Crippen LogP contribution in [0.5, 0.6) is 0 Å². The molecule has 3 heterocycles. The van der Waals surface area contributed by atoms with Gasteiger partial charge in [-0.05, 0) is 49.4 Å². The van der Waals surface area contributed by atoms with Crippen molar-refractivity contribution >= 4 is 33.2 Å². The Labute approximate surface area is 155 Å². The first-order valence-electron chi connectivity index (χ1n) is 8.81. The van der Waals surface area contributed by atoms with Crippen molar-refractivity contribution in [1.29, 1.82) is 0 Å². The van der Waals surface area contributed by atoms with Crippen LogP contribution in [0.4, 0.5) is 0 Å². The molecule has 4 nitrogen and oxygen atoms in total. The van der Waals surface area contributed by atoms with Gasteiger partial charge in [0.2, 0.25) is 0 Å². The normalized spacial score (nSPS) is 16.2. The van der Waals surface area contributed by atoms with Crippen LogP contribution in [-0.2, 0) is 6.54 Å². The molecular weight excluding hydrogens is 354 g/mol. The molecule has 0 saturated carbocycles. The fourth-order valence-corrected chi connectivity index (χ4v) is 4.59. The minimum atomic E-state index is -0.0283. The van der Waals surface area contributed by atoms with Crippen molar-refractivity contribution in [3.63, 3.8) is 0 Å². The Hall–Kier alpha value is -1.69. The summed E-state index contributed by atoms with van der Waals surface area (Å²) in [6.45, 7) is 3.14. The van der Waals surface area contributed by atoms with E-state index in [2.05, 4.69) is 4.98 Å². The summed E-state index contributed by atoms with van der Waals surface area (Å²) in [5.41, 5.74) is 1.83. The van der Waals surface area contributed by atoms with Gasteiger partial charge in [-0.1, -0.05) is 23.7 Å². The van der Waals surface area contributed by atoms with Gasteiger partial charge >= 0.3 is 0 Å². The van der Waals surface area contributed by atoms with E-state index < -0.39 is 0 Å². The number of likely N-dealkylation sites (tertiary alicyclic amines) is 1. The molecule has 0 unspecified atom stereocenters. The SMILES string of the molecule is O=c1[nH]c(C[NH+]2CCCCCC2)nc2cc(-c3ccc(Cl)cc3)sc12. The Morgan fingerprint density at radius 1 is 1.12 bits per heavy atom. The highest BCUT2D eigenvalue weighted by Gasteiger charge is 2.16. The minimum Gasteiger partial charge on any atom is -0.329 e. The molecule has 4 rings (SSSR count). The highest BCUT2D eigenvalue weighted by atomic mass is 35.5. The van der Waals surface area contributed by atoms with E-state index in [0.29, 0.717) is 9.72 Å². The first kappa shape index (κ1) is 16.8. The molecular formula is C19H21ClN3OS+. The summed E-state index contributed by atoms with van der Waals surface area (Å²) in [4.78, 5) is 22.8. The number of halogens is 1. The van der Waals surface area contributed by atoms with Crippen LogP contribution in [0, 0.1) is 0 Å². The van der Waals surface area contributed by atoms with Crippen LogP contribution in [0.25, 0.3) is 20.7 Å². The summed E-state index contributed by atoms with van der Waals surface area (Å²) in [5, 5.41) is 0.712. The van der Waals surface area contributed by atoms with Crippen molar-refractivity contribution in [3.8, 4) is 10.4 Å². The van der Waals surface area contributed by atoms with Gasteiger partial charge in [-0.2, -0.15) is 0 Å². The summed E-state index contributed by atoms with van der Waals surface area (Å²) in [5.74, 6) is 0.801. The largest absolute Gasteiger partial charge is 0.329 e. The fraction of sp³-hybridized carbons (Fsp3) is 0.368. The molecule has 1 aliphatic rings. The number of fused-ring (bicyclic) bond motifs is 1. The van der Waals surface area contributed by atoms with Crippen LogP contribution in [0.2, 0.25) is 5.02 Å². The maximum Gasteiger partial charge on any atom is 0.269 e. The van der Waals surface area contributed by atoms with Crippen LogP contribution in [0.1, 0.15) is 31.5 Å². The smallest absolute Gasteiger partial charge is 0.269 e. The second-order valence-electron chi connectivity index (χ2n) is 6.69. The number of nitrogens with one attached hydrogen (secondary N) is 2. The molecule has 0 atom stereocenters. The van der Waals surface area contributed by atoms with Gasteiger partial charge in [0.1, 0.15) is 11.2 Å². The standard InChI is InChI=1S/C19H20ClN3OS/c20-14-7-5-13(6-8-14)16-11-15-18(25-16)19(24)22-17(21-15)12-23-9-3-1-2-4-10-23/h5-8,11H,1-4,9-10,12H2,(H,21,22,24)/p+1. The van der Waals surface area contributed by atoms with E-state index in [1.165, 1.54) is 55.0 Å². The maximum atomic E-state index is 12.5. The molecule has 0 radical (unpaired) electrons. The molecule has 1 fully saturated rings. The number of aromatic amines is 1. The van der Waals surface area contributed by atoms with Gasteiger partial charge in [0.25, 0.3) is 5.56 Å². The van der Waals surface area contributed by atoms with Crippen molar-refractivity contribution < 1.29 is 4.90 Å².